The molecular formula is C16H22N2O4. The van der Waals surface area contributed by atoms with E-state index in [0.717, 1.165) is 5.56 Å². The number of amides is 2. The molecule has 1 aromatic carbocycles. The Hall–Kier alpha value is -2.37. The zero-order chi connectivity index (χ0) is 17.0. The van der Waals surface area contributed by atoms with Crippen molar-refractivity contribution in [1.82, 2.24) is 4.90 Å². The van der Waals surface area contributed by atoms with Crippen LogP contribution in [-0.4, -0.2) is 40.9 Å². The van der Waals surface area contributed by atoms with Crippen LogP contribution in [0.3, 0.4) is 0 Å². The highest BCUT2D eigenvalue weighted by molar-refractivity contribution is 6.04. The molecule has 1 unspecified atom stereocenters. The molecule has 1 rings (SSSR count). The number of aryl methyl sites for hydroxylation is 1. The molecule has 0 radical (unpaired) electrons. The number of benzene rings is 1. The van der Waals surface area contributed by atoms with Gasteiger partial charge < -0.3 is 15.3 Å². The van der Waals surface area contributed by atoms with Gasteiger partial charge in [-0.2, -0.15) is 0 Å². The van der Waals surface area contributed by atoms with E-state index in [-0.39, 0.29) is 11.9 Å². The molecule has 6 heteroatoms. The lowest BCUT2D eigenvalue weighted by Crippen LogP contribution is -2.33. The summed E-state index contributed by atoms with van der Waals surface area (Å²) in [7, 11) is 1.71. The smallest absolute Gasteiger partial charge is 0.315 e. The first kappa shape index (κ1) is 17.7. The van der Waals surface area contributed by atoms with E-state index in [9.17, 15) is 14.4 Å². The normalized spacial score (nSPS) is 11.9. The second kappa shape index (κ2) is 7.06. The molecule has 2 N–H and O–H groups in total. The molecule has 0 spiro atoms. The van der Waals surface area contributed by atoms with E-state index in [1.807, 2.05) is 20.8 Å². The number of rotatable bonds is 5. The lowest BCUT2D eigenvalue weighted by atomic mass is 10.1. The van der Waals surface area contributed by atoms with Crippen LogP contribution in [0.4, 0.5) is 5.69 Å². The van der Waals surface area contributed by atoms with Crippen molar-refractivity contribution in [3.63, 3.8) is 0 Å². The summed E-state index contributed by atoms with van der Waals surface area (Å²) in [5, 5.41) is 11.4. The maximum atomic E-state index is 12.4. The number of hydrogen-bond donors (Lipinski definition) is 2. The molecule has 2 amide bonds. The van der Waals surface area contributed by atoms with Gasteiger partial charge in [-0.3, -0.25) is 14.4 Å². The van der Waals surface area contributed by atoms with Gasteiger partial charge in [0.2, 0.25) is 5.91 Å². The topological polar surface area (TPSA) is 86.7 Å². The number of carbonyl (C=O) groups excluding carboxylic acids is 2. The van der Waals surface area contributed by atoms with E-state index in [0.29, 0.717) is 11.3 Å². The first-order valence-electron chi connectivity index (χ1n) is 7.06. The average molecular weight is 306 g/mol. The Bertz CT molecular complexity index is 596. The SMILES string of the molecule is Cc1ccc(NC(=O)C(C)C(=O)O)cc1C(=O)N(C)C(C)C. The minimum absolute atomic E-state index is 0.0529. The number of aliphatic carboxylic acids is 1. The van der Waals surface area contributed by atoms with Crippen molar-refractivity contribution < 1.29 is 19.5 Å². The number of anilines is 1. The van der Waals surface area contributed by atoms with Crippen LogP contribution < -0.4 is 5.32 Å². The van der Waals surface area contributed by atoms with Crippen LogP contribution in [0.5, 0.6) is 0 Å². The van der Waals surface area contributed by atoms with Crippen LogP contribution in [0.1, 0.15) is 36.7 Å². The van der Waals surface area contributed by atoms with Gasteiger partial charge in [0.1, 0.15) is 5.92 Å². The molecule has 6 nitrogen and oxygen atoms in total. The minimum Gasteiger partial charge on any atom is -0.481 e. The predicted molar refractivity (Wildman–Crippen MR) is 83.8 cm³/mol. The summed E-state index contributed by atoms with van der Waals surface area (Å²) in [5.74, 6) is -3.11. The molecule has 1 atom stereocenters. The molecule has 0 aliphatic heterocycles. The first-order chi connectivity index (χ1) is 10.1. The third-order valence-corrected chi connectivity index (χ3v) is 3.59. The number of hydrogen-bond acceptors (Lipinski definition) is 3. The fourth-order valence-corrected chi connectivity index (χ4v) is 1.72. The van der Waals surface area contributed by atoms with E-state index in [1.165, 1.54) is 6.92 Å². The Morgan fingerprint density at radius 2 is 1.77 bits per heavy atom. The number of carboxylic acid groups (broad SMARTS) is 1. The molecule has 0 fully saturated rings. The van der Waals surface area contributed by atoms with Crippen molar-refractivity contribution in [3.05, 3.63) is 29.3 Å². The van der Waals surface area contributed by atoms with Crippen molar-refractivity contribution in [3.8, 4) is 0 Å². The van der Waals surface area contributed by atoms with Gasteiger partial charge in [0, 0.05) is 24.3 Å². The van der Waals surface area contributed by atoms with E-state index < -0.39 is 17.8 Å². The quantitative estimate of drug-likeness (QED) is 0.816. The third-order valence-electron chi connectivity index (χ3n) is 3.59. The predicted octanol–water partition coefficient (Wildman–Crippen LogP) is 2.13. The number of nitrogens with one attached hydrogen (secondary N) is 1. The fraction of sp³-hybridized carbons (Fsp3) is 0.438. The third kappa shape index (κ3) is 4.07. The van der Waals surface area contributed by atoms with E-state index in [4.69, 9.17) is 5.11 Å². The lowest BCUT2D eigenvalue weighted by Gasteiger charge is -2.22. The van der Waals surface area contributed by atoms with Crippen molar-refractivity contribution in [1.29, 1.82) is 0 Å². The van der Waals surface area contributed by atoms with Crippen LogP contribution in [0, 0.1) is 12.8 Å². The van der Waals surface area contributed by atoms with Crippen molar-refractivity contribution in [2.75, 3.05) is 12.4 Å². The summed E-state index contributed by atoms with van der Waals surface area (Å²) in [4.78, 5) is 36.6. The van der Waals surface area contributed by atoms with Gasteiger partial charge in [-0.25, -0.2) is 0 Å². The van der Waals surface area contributed by atoms with Crippen molar-refractivity contribution in [2.45, 2.75) is 33.7 Å². The monoisotopic (exact) mass is 306 g/mol. The Morgan fingerprint density at radius 3 is 2.27 bits per heavy atom. The molecule has 0 aliphatic rings. The van der Waals surface area contributed by atoms with Gasteiger partial charge in [-0.05, 0) is 45.4 Å². The van der Waals surface area contributed by atoms with Crippen LogP contribution in [0.25, 0.3) is 0 Å². The van der Waals surface area contributed by atoms with Gasteiger partial charge in [-0.15, -0.1) is 0 Å². The molecule has 0 bridgehead atoms. The molecule has 0 saturated carbocycles. The Kier molecular flexibility index (Phi) is 5.68. The summed E-state index contributed by atoms with van der Waals surface area (Å²) in [6.45, 7) is 6.94. The summed E-state index contributed by atoms with van der Waals surface area (Å²) >= 11 is 0. The Morgan fingerprint density at radius 1 is 1.18 bits per heavy atom. The van der Waals surface area contributed by atoms with Crippen LogP contribution in [-0.2, 0) is 9.59 Å². The number of nitrogens with zero attached hydrogens (tertiary/aromatic N) is 1. The lowest BCUT2D eigenvalue weighted by molar-refractivity contribution is -0.144. The molecule has 0 aliphatic carbocycles. The van der Waals surface area contributed by atoms with Gasteiger partial charge in [0.05, 0.1) is 0 Å². The first-order valence-corrected chi connectivity index (χ1v) is 7.06. The summed E-state index contributed by atoms with van der Waals surface area (Å²) < 4.78 is 0. The largest absolute Gasteiger partial charge is 0.481 e. The van der Waals surface area contributed by atoms with E-state index in [1.54, 1.807) is 30.1 Å². The zero-order valence-corrected chi connectivity index (χ0v) is 13.5. The van der Waals surface area contributed by atoms with Gasteiger partial charge in [0.15, 0.2) is 0 Å². The second-order valence-electron chi connectivity index (χ2n) is 5.59. The second-order valence-corrected chi connectivity index (χ2v) is 5.59. The van der Waals surface area contributed by atoms with Crippen LogP contribution in [0.15, 0.2) is 18.2 Å². The fourth-order valence-electron chi connectivity index (χ4n) is 1.72. The van der Waals surface area contributed by atoms with E-state index in [2.05, 4.69) is 5.32 Å². The van der Waals surface area contributed by atoms with Crippen LogP contribution >= 0.6 is 0 Å². The van der Waals surface area contributed by atoms with Crippen LogP contribution in [0.2, 0.25) is 0 Å². The summed E-state index contributed by atoms with van der Waals surface area (Å²) in [5.41, 5.74) is 1.68. The Balaban J connectivity index is 3.02. The molecule has 0 heterocycles. The highest BCUT2D eigenvalue weighted by atomic mass is 16.4. The molecule has 0 saturated heterocycles. The summed E-state index contributed by atoms with van der Waals surface area (Å²) in [6, 6.07) is 5.00. The molecule has 22 heavy (non-hydrogen) atoms. The molecular weight excluding hydrogens is 284 g/mol. The van der Waals surface area contributed by atoms with Gasteiger partial charge >= 0.3 is 5.97 Å². The minimum atomic E-state index is -1.19. The molecule has 1 aromatic rings. The maximum Gasteiger partial charge on any atom is 0.315 e. The number of carboxylic acids is 1. The van der Waals surface area contributed by atoms with E-state index >= 15 is 0 Å². The zero-order valence-electron chi connectivity index (χ0n) is 13.5. The average Bonchev–Trinajstić information content (AvgIpc) is 2.46. The van der Waals surface area contributed by atoms with Gasteiger partial charge in [0.25, 0.3) is 5.91 Å². The molecule has 120 valence electrons. The Labute approximate surface area is 130 Å². The highest BCUT2D eigenvalue weighted by Gasteiger charge is 2.22. The maximum absolute atomic E-state index is 12.4. The highest BCUT2D eigenvalue weighted by Crippen LogP contribution is 2.18. The van der Waals surface area contributed by atoms with Crippen molar-refractivity contribution in [2.24, 2.45) is 5.92 Å². The van der Waals surface area contributed by atoms with Gasteiger partial charge in [-0.1, -0.05) is 6.07 Å². The standard InChI is InChI=1S/C16H22N2O4/c1-9(2)18(5)15(20)13-8-12(7-6-10(13)3)17-14(19)11(4)16(21)22/h6-9,11H,1-5H3,(H,17,19)(H,21,22). The molecule has 0 aromatic heterocycles. The number of carbonyl (C=O) groups is 3. The summed E-state index contributed by atoms with van der Waals surface area (Å²) in [6.07, 6.45) is 0. The van der Waals surface area contributed by atoms with Crippen molar-refractivity contribution >= 4 is 23.5 Å².